The molecule has 0 aliphatic rings. The quantitative estimate of drug-likeness (QED) is 0.793. The summed E-state index contributed by atoms with van der Waals surface area (Å²) < 4.78 is 1.72. The maximum Gasteiger partial charge on any atom is 0.0964 e. The molecule has 1 atom stereocenters. The van der Waals surface area contributed by atoms with Crippen molar-refractivity contribution in [1.82, 2.24) is 20.3 Å². The average Bonchev–Trinajstić information content (AvgIpc) is 2.45. The van der Waals surface area contributed by atoms with Crippen molar-refractivity contribution < 1.29 is 0 Å². The van der Waals surface area contributed by atoms with E-state index in [1.807, 2.05) is 13.2 Å². The molecule has 0 aliphatic carbocycles. The predicted molar refractivity (Wildman–Crippen MR) is 56.8 cm³/mol. The van der Waals surface area contributed by atoms with Crippen molar-refractivity contribution >= 4 is 0 Å². The number of hydrogen-bond acceptors (Lipinski definition) is 3. The van der Waals surface area contributed by atoms with Gasteiger partial charge in [-0.05, 0) is 12.3 Å². The molecule has 1 rings (SSSR count). The smallest absolute Gasteiger partial charge is 0.0964 e. The molecule has 0 saturated heterocycles. The van der Waals surface area contributed by atoms with Crippen molar-refractivity contribution in [1.29, 1.82) is 0 Å². The normalized spacial score (nSPS) is 14.4. The fraction of sp³-hybridized carbons (Fsp3) is 0.800. The third kappa shape index (κ3) is 3.10. The van der Waals surface area contributed by atoms with Crippen molar-refractivity contribution in [3.8, 4) is 0 Å². The van der Waals surface area contributed by atoms with E-state index >= 15 is 0 Å². The molecule has 0 fully saturated rings. The van der Waals surface area contributed by atoms with Gasteiger partial charge in [0.1, 0.15) is 0 Å². The highest BCUT2D eigenvalue weighted by Gasteiger charge is 2.19. The second-order valence-electron chi connectivity index (χ2n) is 4.85. The second-order valence-corrected chi connectivity index (χ2v) is 4.85. The molecule has 0 aliphatic heterocycles. The molecule has 1 N–H and O–H groups in total. The highest BCUT2D eigenvalue weighted by molar-refractivity contribution is 4.92. The number of nitrogens with one attached hydrogen (secondary N) is 1. The largest absolute Gasteiger partial charge is 0.308 e. The van der Waals surface area contributed by atoms with Crippen molar-refractivity contribution in [2.75, 3.05) is 0 Å². The van der Waals surface area contributed by atoms with Gasteiger partial charge in [-0.1, -0.05) is 26.0 Å². The van der Waals surface area contributed by atoms with Gasteiger partial charge in [-0.25, -0.2) is 0 Å². The Kier molecular flexibility index (Phi) is 3.26. The van der Waals surface area contributed by atoms with E-state index < -0.39 is 0 Å². The number of hydrogen-bond donors (Lipinski definition) is 1. The van der Waals surface area contributed by atoms with Crippen molar-refractivity contribution in [2.24, 2.45) is 12.5 Å². The van der Waals surface area contributed by atoms with Crippen LogP contribution in [0.2, 0.25) is 0 Å². The van der Waals surface area contributed by atoms with Crippen molar-refractivity contribution in [3.05, 3.63) is 11.9 Å². The zero-order chi connectivity index (χ0) is 10.8. The highest BCUT2D eigenvalue weighted by atomic mass is 15.4. The zero-order valence-electron chi connectivity index (χ0n) is 9.70. The number of rotatable bonds is 3. The van der Waals surface area contributed by atoms with Gasteiger partial charge in [-0.3, -0.25) is 4.68 Å². The maximum absolute atomic E-state index is 4.02. The van der Waals surface area contributed by atoms with Gasteiger partial charge < -0.3 is 5.32 Å². The third-order valence-electron chi connectivity index (χ3n) is 2.54. The van der Waals surface area contributed by atoms with Crippen LogP contribution in [0.4, 0.5) is 0 Å². The molecule has 0 radical (unpaired) electrons. The molecular formula is C10H20N4. The van der Waals surface area contributed by atoms with E-state index in [1.165, 1.54) is 0 Å². The molecule has 1 aromatic rings. The molecule has 4 heteroatoms. The summed E-state index contributed by atoms with van der Waals surface area (Å²) in [6.45, 7) is 9.65. The first kappa shape index (κ1) is 11.2. The molecular weight excluding hydrogens is 176 g/mol. The Labute approximate surface area is 85.7 Å². The van der Waals surface area contributed by atoms with Gasteiger partial charge in [0.05, 0.1) is 5.69 Å². The van der Waals surface area contributed by atoms with E-state index in [9.17, 15) is 0 Å². The standard InChI is InChI=1S/C10H20N4/c1-8(10(2,3)4)11-6-9-7-14(5)13-12-9/h7-8,11H,6H2,1-5H3. The van der Waals surface area contributed by atoms with E-state index in [4.69, 9.17) is 0 Å². The molecule has 0 saturated carbocycles. The minimum atomic E-state index is 0.280. The van der Waals surface area contributed by atoms with Gasteiger partial charge in [0, 0.05) is 25.8 Å². The van der Waals surface area contributed by atoms with Crippen LogP contribution in [0.25, 0.3) is 0 Å². The fourth-order valence-electron chi connectivity index (χ4n) is 1.04. The molecule has 0 bridgehead atoms. The summed E-state index contributed by atoms with van der Waals surface area (Å²) in [5.41, 5.74) is 1.27. The van der Waals surface area contributed by atoms with Crippen molar-refractivity contribution in [2.45, 2.75) is 40.3 Å². The van der Waals surface area contributed by atoms with Gasteiger partial charge in [0.2, 0.25) is 0 Å². The summed E-state index contributed by atoms with van der Waals surface area (Å²) in [7, 11) is 1.88. The predicted octanol–water partition coefficient (Wildman–Crippen LogP) is 1.34. The summed E-state index contributed by atoms with van der Waals surface area (Å²) >= 11 is 0. The van der Waals surface area contributed by atoms with E-state index in [2.05, 4.69) is 43.3 Å². The molecule has 1 unspecified atom stereocenters. The number of aromatic nitrogens is 3. The molecule has 0 spiro atoms. The Morgan fingerprint density at radius 1 is 1.50 bits per heavy atom. The third-order valence-corrected chi connectivity index (χ3v) is 2.54. The minimum Gasteiger partial charge on any atom is -0.308 e. The van der Waals surface area contributed by atoms with E-state index in [-0.39, 0.29) is 5.41 Å². The monoisotopic (exact) mass is 196 g/mol. The summed E-state index contributed by atoms with van der Waals surface area (Å²) in [6, 6.07) is 0.463. The Hall–Kier alpha value is -0.900. The van der Waals surface area contributed by atoms with Gasteiger partial charge in [-0.2, -0.15) is 0 Å². The minimum absolute atomic E-state index is 0.280. The molecule has 14 heavy (non-hydrogen) atoms. The van der Waals surface area contributed by atoms with Crippen LogP contribution < -0.4 is 5.32 Å². The Bertz CT molecular complexity index is 285. The summed E-state index contributed by atoms with van der Waals surface area (Å²) in [5, 5.41) is 11.3. The van der Waals surface area contributed by atoms with Crippen LogP contribution in [0.5, 0.6) is 0 Å². The topological polar surface area (TPSA) is 42.7 Å². The van der Waals surface area contributed by atoms with E-state index in [0.717, 1.165) is 12.2 Å². The molecule has 4 nitrogen and oxygen atoms in total. The van der Waals surface area contributed by atoms with Crippen molar-refractivity contribution in [3.63, 3.8) is 0 Å². The van der Waals surface area contributed by atoms with Crippen LogP contribution in [-0.2, 0) is 13.6 Å². The van der Waals surface area contributed by atoms with Crippen LogP contribution in [0.3, 0.4) is 0 Å². The van der Waals surface area contributed by atoms with Gasteiger partial charge >= 0.3 is 0 Å². The van der Waals surface area contributed by atoms with E-state index in [0.29, 0.717) is 6.04 Å². The maximum atomic E-state index is 4.02. The highest BCUT2D eigenvalue weighted by Crippen LogP contribution is 2.18. The first-order valence-electron chi connectivity index (χ1n) is 4.98. The van der Waals surface area contributed by atoms with Crippen LogP contribution in [0.1, 0.15) is 33.4 Å². The second kappa shape index (κ2) is 4.09. The van der Waals surface area contributed by atoms with Crippen LogP contribution >= 0.6 is 0 Å². The van der Waals surface area contributed by atoms with Crippen LogP contribution in [0.15, 0.2) is 6.20 Å². The molecule has 0 aromatic carbocycles. The fourth-order valence-corrected chi connectivity index (χ4v) is 1.04. The summed E-state index contributed by atoms with van der Waals surface area (Å²) in [4.78, 5) is 0. The lowest BCUT2D eigenvalue weighted by molar-refractivity contribution is 0.284. The number of nitrogens with zero attached hydrogens (tertiary/aromatic N) is 3. The Morgan fingerprint density at radius 2 is 2.14 bits per heavy atom. The Balaban J connectivity index is 2.41. The van der Waals surface area contributed by atoms with E-state index in [1.54, 1.807) is 4.68 Å². The van der Waals surface area contributed by atoms with Gasteiger partial charge in [-0.15, -0.1) is 5.10 Å². The first-order chi connectivity index (χ1) is 6.39. The number of aryl methyl sites for hydroxylation is 1. The lowest BCUT2D eigenvalue weighted by Crippen LogP contribution is -2.37. The van der Waals surface area contributed by atoms with Crippen LogP contribution in [-0.4, -0.2) is 21.0 Å². The lowest BCUT2D eigenvalue weighted by Gasteiger charge is -2.27. The van der Waals surface area contributed by atoms with Crippen LogP contribution in [0, 0.1) is 5.41 Å². The SMILES string of the molecule is CC(NCc1cn(C)nn1)C(C)(C)C. The molecule has 1 heterocycles. The Morgan fingerprint density at radius 3 is 2.57 bits per heavy atom. The molecule has 1 aromatic heterocycles. The van der Waals surface area contributed by atoms with Gasteiger partial charge in [0.25, 0.3) is 0 Å². The summed E-state index contributed by atoms with van der Waals surface area (Å²) in [6.07, 6.45) is 1.93. The average molecular weight is 196 g/mol. The molecule has 0 amide bonds. The zero-order valence-corrected chi connectivity index (χ0v) is 9.70. The lowest BCUT2D eigenvalue weighted by atomic mass is 9.88. The van der Waals surface area contributed by atoms with Gasteiger partial charge in [0.15, 0.2) is 0 Å². The molecule has 80 valence electrons. The summed E-state index contributed by atoms with van der Waals surface area (Å²) in [5.74, 6) is 0. The first-order valence-corrected chi connectivity index (χ1v) is 4.98.